The molecule has 3 heteroatoms. The zero-order chi connectivity index (χ0) is 15.5. The maximum Gasteiger partial charge on any atom is 0.0400 e. The summed E-state index contributed by atoms with van der Waals surface area (Å²) in [6.07, 6.45) is 0. The van der Waals surface area contributed by atoms with Gasteiger partial charge in [-0.25, -0.2) is 0 Å². The Morgan fingerprint density at radius 3 is 1.00 bits per heavy atom. The molecular weight excluding hydrogens is 270 g/mol. The molecule has 110 valence electrons. The summed E-state index contributed by atoms with van der Waals surface area (Å²) in [5.74, 6) is -0.0800. The summed E-state index contributed by atoms with van der Waals surface area (Å²) in [7, 11) is 0. The summed E-state index contributed by atoms with van der Waals surface area (Å²) in [6, 6.07) is 23.5. The van der Waals surface area contributed by atoms with Crippen molar-refractivity contribution in [3.8, 4) is 0 Å². The standard InChI is InChI=1S/C19H19N3/c20-16-10-4-1-7-13(16)19(14-8-2-5-11-17(14)21)15-9-3-6-12-18(15)22/h1-12,19H,20-22H2. The molecule has 0 atom stereocenters. The van der Waals surface area contributed by atoms with Crippen molar-refractivity contribution >= 4 is 17.1 Å². The largest absolute Gasteiger partial charge is 0.398 e. The van der Waals surface area contributed by atoms with E-state index in [1.165, 1.54) is 0 Å². The van der Waals surface area contributed by atoms with Crippen LogP contribution >= 0.6 is 0 Å². The van der Waals surface area contributed by atoms with Gasteiger partial charge in [0, 0.05) is 23.0 Å². The Labute approximate surface area is 130 Å². The van der Waals surface area contributed by atoms with Crippen molar-refractivity contribution in [2.24, 2.45) is 0 Å². The van der Waals surface area contributed by atoms with Crippen LogP contribution in [-0.4, -0.2) is 0 Å². The van der Waals surface area contributed by atoms with Gasteiger partial charge >= 0.3 is 0 Å². The van der Waals surface area contributed by atoms with Crippen LogP contribution in [0.3, 0.4) is 0 Å². The highest BCUT2D eigenvalue weighted by atomic mass is 14.6. The number of rotatable bonds is 3. The minimum absolute atomic E-state index is 0.0800. The van der Waals surface area contributed by atoms with E-state index in [-0.39, 0.29) is 5.92 Å². The Morgan fingerprint density at radius 2 is 0.727 bits per heavy atom. The fourth-order valence-corrected chi connectivity index (χ4v) is 2.82. The molecule has 0 unspecified atom stereocenters. The SMILES string of the molecule is Nc1ccccc1C(c1ccccc1N)c1ccccc1N. The molecule has 0 bridgehead atoms. The van der Waals surface area contributed by atoms with Crippen molar-refractivity contribution in [1.82, 2.24) is 0 Å². The molecule has 0 saturated heterocycles. The first-order chi connectivity index (χ1) is 10.7. The molecule has 0 aromatic heterocycles. The van der Waals surface area contributed by atoms with Gasteiger partial charge in [-0.1, -0.05) is 54.6 Å². The molecule has 0 amide bonds. The summed E-state index contributed by atoms with van der Waals surface area (Å²) < 4.78 is 0. The monoisotopic (exact) mass is 289 g/mol. The fraction of sp³-hybridized carbons (Fsp3) is 0.0526. The first kappa shape index (κ1) is 14.0. The quantitative estimate of drug-likeness (QED) is 0.509. The van der Waals surface area contributed by atoms with Crippen molar-refractivity contribution in [1.29, 1.82) is 0 Å². The molecule has 0 fully saturated rings. The molecule has 0 saturated carbocycles. The number of nitrogen functional groups attached to an aromatic ring is 3. The van der Waals surface area contributed by atoms with Crippen molar-refractivity contribution in [2.45, 2.75) is 5.92 Å². The maximum absolute atomic E-state index is 6.21. The Morgan fingerprint density at radius 1 is 0.455 bits per heavy atom. The second-order valence-corrected chi connectivity index (χ2v) is 5.32. The highest BCUT2D eigenvalue weighted by Gasteiger charge is 2.22. The normalized spacial score (nSPS) is 10.8. The molecule has 0 aliphatic carbocycles. The third-order valence-corrected chi connectivity index (χ3v) is 3.92. The highest BCUT2D eigenvalue weighted by Crippen LogP contribution is 2.39. The number of nitrogens with two attached hydrogens (primary N) is 3. The first-order valence-corrected chi connectivity index (χ1v) is 7.21. The van der Waals surface area contributed by atoms with Crippen LogP contribution in [0.25, 0.3) is 0 Å². The lowest BCUT2D eigenvalue weighted by molar-refractivity contribution is 0.988. The lowest BCUT2D eigenvalue weighted by atomic mass is 9.83. The predicted molar refractivity (Wildman–Crippen MR) is 93.5 cm³/mol. The predicted octanol–water partition coefficient (Wildman–Crippen LogP) is 3.61. The molecular formula is C19H19N3. The van der Waals surface area contributed by atoms with E-state index in [4.69, 9.17) is 17.2 Å². The van der Waals surface area contributed by atoms with E-state index in [1.807, 2.05) is 72.8 Å². The fourth-order valence-electron chi connectivity index (χ4n) is 2.82. The van der Waals surface area contributed by atoms with Gasteiger partial charge in [-0.15, -0.1) is 0 Å². The molecule has 0 radical (unpaired) electrons. The van der Waals surface area contributed by atoms with E-state index in [1.54, 1.807) is 0 Å². The summed E-state index contributed by atoms with van der Waals surface area (Å²) in [6.45, 7) is 0. The van der Waals surface area contributed by atoms with Crippen molar-refractivity contribution < 1.29 is 0 Å². The molecule has 0 aliphatic rings. The molecule has 0 spiro atoms. The Balaban J connectivity index is 2.27. The topological polar surface area (TPSA) is 78.1 Å². The first-order valence-electron chi connectivity index (χ1n) is 7.21. The molecule has 22 heavy (non-hydrogen) atoms. The van der Waals surface area contributed by atoms with Gasteiger partial charge in [-0.2, -0.15) is 0 Å². The number of hydrogen-bond acceptors (Lipinski definition) is 3. The lowest BCUT2D eigenvalue weighted by Gasteiger charge is -2.23. The van der Waals surface area contributed by atoms with Gasteiger partial charge in [-0.3, -0.25) is 0 Å². The Kier molecular flexibility index (Phi) is 3.71. The van der Waals surface area contributed by atoms with Crippen molar-refractivity contribution in [2.75, 3.05) is 17.2 Å². The Bertz CT molecular complexity index is 688. The van der Waals surface area contributed by atoms with Crippen LogP contribution in [0.2, 0.25) is 0 Å². The minimum Gasteiger partial charge on any atom is -0.398 e. The van der Waals surface area contributed by atoms with Crippen molar-refractivity contribution in [3.05, 3.63) is 89.5 Å². The van der Waals surface area contributed by atoms with E-state index < -0.39 is 0 Å². The van der Waals surface area contributed by atoms with Gasteiger partial charge in [0.2, 0.25) is 0 Å². The number of hydrogen-bond donors (Lipinski definition) is 3. The average Bonchev–Trinajstić information content (AvgIpc) is 2.53. The van der Waals surface area contributed by atoms with Crippen molar-refractivity contribution in [3.63, 3.8) is 0 Å². The maximum atomic E-state index is 6.21. The molecule has 6 N–H and O–H groups in total. The van der Waals surface area contributed by atoms with Gasteiger partial charge in [0.1, 0.15) is 0 Å². The van der Waals surface area contributed by atoms with E-state index in [2.05, 4.69) is 0 Å². The molecule has 0 aliphatic heterocycles. The van der Waals surface area contributed by atoms with E-state index in [0.717, 1.165) is 33.8 Å². The van der Waals surface area contributed by atoms with Crippen LogP contribution in [0, 0.1) is 0 Å². The Hall–Kier alpha value is -2.94. The smallest absolute Gasteiger partial charge is 0.0400 e. The van der Waals surface area contributed by atoms with Gasteiger partial charge in [0.05, 0.1) is 0 Å². The number of benzene rings is 3. The van der Waals surface area contributed by atoms with Crippen LogP contribution in [0.1, 0.15) is 22.6 Å². The molecule has 3 rings (SSSR count). The van der Waals surface area contributed by atoms with Gasteiger partial charge in [-0.05, 0) is 34.9 Å². The molecule has 3 aromatic rings. The van der Waals surface area contributed by atoms with E-state index >= 15 is 0 Å². The second-order valence-electron chi connectivity index (χ2n) is 5.32. The van der Waals surface area contributed by atoms with Gasteiger partial charge in [0.15, 0.2) is 0 Å². The third kappa shape index (κ3) is 2.49. The second kappa shape index (κ2) is 5.82. The molecule has 0 heterocycles. The van der Waals surface area contributed by atoms with Crippen LogP contribution in [0.15, 0.2) is 72.8 Å². The summed E-state index contributed by atoms with van der Waals surface area (Å²) >= 11 is 0. The summed E-state index contributed by atoms with van der Waals surface area (Å²) in [4.78, 5) is 0. The zero-order valence-corrected chi connectivity index (χ0v) is 12.2. The van der Waals surface area contributed by atoms with Crippen LogP contribution in [0.5, 0.6) is 0 Å². The van der Waals surface area contributed by atoms with Crippen LogP contribution in [0.4, 0.5) is 17.1 Å². The molecule has 3 aromatic carbocycles. The van der Waals surface area contributed by atoms with Gasteiger partial charge in [0.25, 0.3) is 0 Å². The average molecular weight is 289 g/mol. The summed E-state index contributed by atoms with van der Waals surface area (Å²) in [5, 5.41) is 0. The van der Waals surface area contributed by atoms with E-state index in [0.29, 0.717) is 0 Å². The highest BCUT2D eigenvalue weighted by molar-refractivity contribution is 5.65. The third-order valence-electron chi connectivity index (χ3n) is 3.92. The summed E-state index contributed by atoms with van der Waals surface area (Å²) in [5.41, 5.74) is 23.9. The van der Waals surface area contributed by atoms with Gasteiger partial charge < -0.3 is 17.2 Å². The van der Waals surface area contributed by atoms with Crippen LogP contribution in [-0.2, 0) is 0 Å². The lowest BCUT2D eigenvalue weighted by Crippen LogP contribution is -2.10. The number of anilines is 3. The van der Waals surface area contributed by atoms with E-state index in [9.17, 15) is 0 Å². The molecule has 3 nitrogen and oxygen atoms in total. The zero-order valence-electron chi connectivity index (χ0n) is 12.2. The van der Waals surface area contributed by atoms with Crippen LogP contribution < -0.4 is 17.2 Å². The minimum atomic E-state index is -0.0800. The number of para-hydroxylation sites is 3.